The maximum absolute atomic E-state index is 12.8. The van der Waals surface area contributed by atoms with Gasteiger partial charge in [-0.3, -0.25) is 19.7 Å². The molecule has 0 saturated heterocycles. The number of likely N-dealkylation sites (N-methyl/N-ethyl adjacent to an activating group) is 1. The molecule has 0 saturated carbocycles. The van der Waals surface area contributed by atoms with Crippen LogP contribution < -0.4 is 5.32 Å². The molecule has 0 aliphatic heterocycles. The number of hydrogen-bond donors (Lipinski definition) is 1. The fraction of sp³-hybridized carbons (Fsp3) is 0.125. The van der Waals surface area contributed by atoms with Gasteiger partial charge in [-0.05, 0) is 36.4 Å². The standard InChI is InChI=1S/C16H13ClFN3O4/c1-20(9-15(22)19-12-5-3-11(18)4-6-12)16(23)10-2-7-13(17)14(8-10)21(24)25/h2-8H,9H2,1H3,(H,19,22). The fourth-order valence-corrected chi connectivity index (χ4v) is 2.21. The average Bonchev–Trinajstić information content (AvgIpc) is 2.56. The number of rotatable bonds is 5. The maximum atomic E-state index is 12.8. The average molecular weight is 366 g/mol. The van der Waals surface area contributed by atoms with Crippen molar-refractivity contribution < 1.29 is 18.9 Å². The van der Waals surface area contributed by atoms with Crippen molar-refractivity contribution in [1.82, 2.24) is 4.90 Å². The van der Waals surface area contributed by atoms with Crippen LogP contribution >= 0.6 is 11.6 Å². The Kier molecular flexibility index (Phi) is 5.66. The van der Waals surface area contributed by atoms with Crippen LogP contribution in [0.25, 0.3) is 0 Å². The van der Waals surface area contributed by atoms with Crippen LogP contribution in [0.1, 0.15) is 10.4 Å². The number of anilines is 1. The van der Waals surface area contributed by atoms with E-state index >= 15 is 0 Å². The molecule has 0 unspecified atom stereocenters. The van der Waals surface area contributed by atoms with E-state index in [1.165, 1.54) is 43.4 Å². The van der Waals surface area contributed by atoms with Crippen LogP contribution in [-0.4, -0.2) is 35.2 Å². The molecule has 0 aliphatic rings. The van der Waals surface area contributed by atoms with Crippen molar-refractivity contribution in [1.29, 1.82) is 0 Å². The predicted molar refractivity (Wildman–Crippen MR) is 90.1 cm³/mol. The predicted octanol–water partition coefficient (Wildman–Crippen LogP) is 3.10. The van der Waals surface area contributed by atoms with E-state index in [0.29, 0.717) is 5.69 Å². The molecule has 0 atom stereocenters. The van der Waals surface area contributed by atoms with Gasteiger partial charge in [0, 0.05) is 24.4 Å². The summed E-state index contributed by atoms with van der Waals surface area (Å²) >= 11 is 5.70. The van der Waals surface area contributed by atoms with E-state index < -0.39 is 28.2 Å². The highest BCUT2D eigenvalue weighted by Gasteiger charge is 2.20. The first-order valence-corrected chi connectivity index (χ1v) is 7.40. The van der Waals surface area contributed by atoms with E-state index in [4.69, 9.17) is 11.6 Å². The van der Waals surface area contributed by atoms with Crippen molar-refractivity contribution in [3.63, 3.8) is 0 Å². The molecule has 25 heavy (non-hydrogen) atoms. The Bertz CT molecular complexity index is 827. The van der Waals surface area contributed by atoms with Crippen molar-refractivity contribution in [3.05, 3.63) is 69.0 Å². The molecule has 0 radical (unpaired) electrons. The van der Waals surface area contributed by atoms with Gasteiger partial charge in [-0.2, -0.15) is 0 Å². The number of nitrogens with zero attached hydrogens (tertiary/aromatic N) is 2. The Hall–Kier alpha value is -3.00. The van der Waals surface area contributed by atoms with Crippen LogP contribution in [-0.2, 0) is 4.79 Å². The fourth-order valence-electron chi connectivity index (χ4n) is 2.03. The molecule has 2 amide bonds. The number of amides is 2. The number of hydrogen-bond acceptors (Lipinski definition) is 4. The Morgan fingerprint density at radius 3 is 2.48 bits per heavy atom. The molecular formula is C16H13ClFN3O4. The van der Waals surface area contributed by atoms with E-state index in [2.05, 4.69) is 5.32 Å². The molecule has 1 N–H and O–H groups in total. The summed E-state index contributed by atoms with van der Waals surface area (Å²) < 4.78 is 12.8. The molecule has 9 heteroatoms. The highest BCUT2D eigenvalue weighted by molar-refractivity contribution is 6.32. The molecule has 2 aromatic rings. The van der Waals surface area contributed by atoms with Crippen molar-refractivity contribution in [3.8, 4) is 0 Å². The van der Waals surface area contributed by atoms with Crippen LogP contribution in [0.4, 0.5) is 15.8 Å². The largest absolute Gasteiger partial charge is 0.332 e. The second-order valence-electron chi connectivity index (χ2n) is 5.14. The van der Waals surface area contributed by atoms with E-state index in [1.54, 1.807) is 0 Å². The summed E-state index contributed by atoms with van der Waals surface area (Å²) in [5.74, 6) is -1.51. The molecule has 2 rings (SSSR count). The van der Waals surface area contributed by atoms with Crippen LogP contribution in [0.3, 0.4) is 0 Å². The normalized spacial score (nSPS) is 10.2. The summed E-state index contributed by atoms with van der Waals surface area (Å²) in [4.78, 5) is 35.5. The van der Waals surface area contributed by atoms with Crippen LogP contribution in [0, 0.1) is 15.9 Å². The maximum Gasteiger partial charge on any atom is 0.288 e. The first-order valence-electron chi connectivity index (χ1n) is 7.02. The smallest absolute Gasteiger partial charge is 0.288 e. The van der Waals surface area contributed by atoms with Gasteiger partial charge in [0.25, 0.3) is 11.6 Å². The molecule has 0 aliphatic carbocycles. The van der Waals surface area contributed by atoms with E-state index in [9.17, 15) is 24.1 Å². The lowest BCUT2D eigenvalue weighted by Crippen LogP contribution is -2.34. The zero-order valence-corrected chi connectivity index (χ0v) is 13.8. The Morgan fingerprint density at radius 1 is 1.24 bits per heavy atom. The second-order valence-corrected chi connectivity index (χ2v) is 5.55. The molecule has 0 heterocycles. The lowest BCUT2D eigenvalue weighted by Gasteiger charge is -2.17. The molecular weight excluding hydrogens is 353 g/mol. The molecule has 0 spiro atoms. The number of halogens is 2. The monoisotopic (exact) mass is 365 g/mol. The van der Waals surface area contributed by atoms with Gasteiger partial charge >= 0.3 is 0 Å². The number of carbonyl (C=O) groups is 2. The lowest BCUT2D eigenvalue weighted by atomic mass is 10.2. The van der Waals surface area contributed by atoms with Crippen molar-refractivity contribution >= 4 is 34.8 Å². The number of benzene rings is 2. The van der Waals surface area contributed by atoms with Gasteiger partial charge in [0.1, 0.15) is 10.8 Å². The number of nitro groups is 1. The quantitative estimate of drug-likeness (QED) is 0.651. The lowest BCUT2D eigenvalue weighted by molar-refractivity contribution is -0.384. The highest BCUT2D eigenvalue weighted by atomic mass is 35.5. The molecule has 0 bridgehead atoms. The molecule has 130 valence electrons. The van der Waals surface area contributed by atoms with Gasteiger partial charge in [-0.25, -0.2) is 4.39 Å². The SMILES string of the molecule is CN(CC(=O)Nc1ccc(F)cc1)C(=O)c1ccc(Cl)c([N+](=O)[O-])c1. The summed E-state index contributed by atoms with van der Waals surface area (Å²) in [6.45, 7) is -0.285. The van der Waals surface area contributed by atoms with Crippen molar-refractivity contribution in [2.24, 2.45) is 0 Å². The Balaban J connectivity index is 2.04. The minimum atomic E-state index is -0.694. The summed E-state index contributed by atoms with van der Waals surface area (Å²) in [6, 6.07) is 8.80. The van der Waals surface area contributed by atoms with Gasteiger partial charge in [0.15, 0.2) is 0 Å². The van der Waals surface area contributed by atoms with Gasteiger partial charge in [0.05, 0.1) is 11.5 Å². The van der Waals surface area contributed by atoms with Crippen LogP contribution in [0.2, 0.25) is 5.02 Å². The zero-order chi connectivity index (χ0) is 18.6. The summed E-state index contributed by atoms with van der Waals surface area (Å²) in [5.41, 5.74) is 0.0271. The number of nitrogens with one attached hydrogen (secondary N) is 1. The number of carbonyl (C=O) groups excluding carboxylic acids is 2. The van der Waals surface area contributed by atoms with Crippen LogP contribution in [0.5, 0.6) is 0 Å². The van der Waals surface area contributed by atoms with E-state index in [1.807, 2.05) is 0 Å². The minimum Gasteiger partial charge on any atom is -0.332 e. The van der Waals surface area contributed by atoms with E-state index in [-0.39, 0.29) is 17.1 Å². The van der Waals surface area contributed by atoms with Gasteiger partial charge in [-0.15, -0.1) is 0 Å². The third-order valence-electron chi connectivity index (χ3n) is 3.25. The third kappa shape index (κ3) is 4.74. The van der Waals surface area contributed by atoms with Gasteiger partial charge < -0.3 is 10.2 Å². The Labute approximate surface area is 147 Å². The van der Waals surface area contributed by atoms with Crippen molar-refractivity contribution in [2.75, 3.05) is 18.9 Å². The zero-order valence-electron chi connectivity index (χ0n) is 13.0. The minimum absolute atomic E-state index is 0.0354. The van der Waals surface area contributed by atoms with Crippen molar-refractivity contribution in [2.45, 2.75) is 0 Å². The first-order chi connectivity index (χ1) is 11.8. The highest BCUT2D eigenvalue weighted by Crippen LogP contribution is 2.25. The topological polar surface area (TPSA) is 92.6 Å². The molecule has 2 aromatic carbocycles. The molecule has 0 aromatic heterocycles. The summed E-state index contributed by atoms with van der Waals surface area (Å²) in [7, 11) is 1.38. The van der Waals surface area contributed by atoms with Gasteiger partial charge in [-0.1, -0.05) is 11.6 Å². The first kappa shape index (κ1) is 18.3. The molecule has 0 fully saturated rings. The number of nitro benzene ring substituents is 1. The second kappa shape index (κ2) is 7.71. The molecule has 7 nitrogen and oxygen atoms in total. The van der Waals surface area contributed by atoms with Gasteiger partial charge in [0.2, 0.25) is 5.91 Å². The summed E-state index contributed by atoms with van der Waals surface area (Å²) in [6.07, 6.45) is 0. The van der Waals surface area contributed by atoms with Crippen LogP contribution in [0.15, 0.2) is 42.5 Å². The summed E-state index contributed by atoms with van der Waals surface area (Å²) in [5, 5.41) is 13.3. The third-order valence-corrected chi connectivity index (χ3v) is 3.56. The van der Waals surface area contributed by atoms with E-state index in [0.717, 1.165) is 11.0 Å². The Morgan fingerprint density at radius 2 is 1.88 bits per heavy atom.